The lowest BCUT2D eigenvalue weighted by Crippen LogP contribution is -2.30. The number of esters is 1. The number of hydrogen-bond donors (Lipinski definition) is 1. The molecule has 0 atom stereocenters. The summed E-state index contributed by atoms with van der Waals surface area (Å²) < 4.78 is 60.3. The third kappa shape index (κ3) is 4.05. The van der Waals surface area contributed by atoms with Gasteiger partial charge in [0, 0.05) is 6.42 Å². The maximum Gasteiger partial charge on any atom is 0.349 e. The van der Waals surface area contributed by atoms with E-state index < -0.39 is 48.5 Å². The van der Waals surface area contributed by atoms with Crippen LogP contribution in [-0.4, -0.2) is 41.3 Å². The molecule has 146 valence electrons. The summed E-state index contributed by atoms with van der Waals surface area (Å²) in [5, 5.41) is 10.3. The first-order chi connectivity index (χ1) is 15.3. The van der Waals surface area contributed by atoms with Gasteiger partial charge < -0.3 is 19.3 Å². The number of aromatic nitrogens is 2. The lowest BCUT2D eigenvalue weighted by Gasteiger charge is -2.19. The Kier molecular flexibility index (Phi) is 4.43. The van der Waals surface area contributed by atoms with Crippen LogP contribution in [0.4, 0.5) is 0 Å². The van der Waals surface area contributed by atoms with Gasteiger partial charge in [-0.1, -0.05) is 19.4 Å². The summed E-state index contributed by atoms with van der Waals surface area (Å²) in [5.74, 6) is -2.92. The van der Waals surface area contributed by atoms with Crippen LogP contribution >= 0.6 is 0 Å². The Morgan fingerprint density at radius 3 is 2.48 bits per heavy atom. The Morgan fingerprint density at radius 2 is 1.93 bits per heavy atom. The summed E-state index contributed by atoms with van der Waals surface area (Å²) in [6.45, 7) is 3.27. The summed E-state index contributed by atoms with van der Waals surface area (Å²) in [6.07, 6.45) is 1.29. The maximum absolute atomic E-state index is 13.4. The van der Waals surface area contributed by atoms with E-state index in [0.717, 1.165) is 4.57 Å². The molecule has 8 nitrogen and oxygen atoms in total. The molecule has 2 aromatic rings. The summed E-state index contributed by atoms with van der Waals surface area (Å²) in [5.41, 5.74) is -2.30. The van der Waals surface area contributed by atoms with Crippen molar-refractivity contribution in [2.24, 2.45) is 0 Å². The van der Waals surface area contributed by atoms with Crippen LogP contribution in [0.3, 0.4) is 0 Å². The normalized spacial score (nSPS) is 14.7. The molecule has 0 radical (unpaired) electrons. The van der Waals surface area contributed by atoms with E-state index in [1.54, 1.807) is 0 Å². The van der Waals surface area contributed by atoms with Gasteiger partial charge in [0.1, 0.15) is 23.0 Å². The van der Waals surface area contributed by atoms with Crippen LogP contribution in [0.2, 0.25) is 0 Å². The molecule has 1 aromatic heterocycles. The number of nitrogens with zero attached hydrogens (tertiary/aromatic N) is 2. The third-order valence-corrected chi connectivity index (χ3v) is 3.77. The summed E-state index contributed by atoms with van der Waals surface area (Å²) in [6, 6.07) is 3.67. The number of hydrogen-bond acceptors (Lipinski definition) is 7. The number of aromatic hydroxyl groups is 1. The van der Waals surface area contributed by atoms with Gasteiger partial charge in [0.15, 0.2) is 5.56 Å². The number of carbonyl (C=O) groups excluding carboxylic acids is 1. The van der Waals surface area contributed by atoms with Crippen molar-refractivity contribution in [1.29, 1.82) is 0 Å². The molecule has 0 aliphatic carbocycles. The molecule has 0 aliphatic rings. The van der Waals surface area contributed by atoms with Crippen LogP contribution in [0, 0.1) is 0 Å². The maximum atomic E-state index is 13.4. The quantitative estimate of drug-likeness (QED) is 0.700. The number of unbranched alkanes of at least 4 members (excludes halogenated alkanes) is 1. The molecule has 0 saturated carbocycles. The van der Waals surface area contributed by atoms with Crippen LogP contribution in [0.5, 0.6) is 17.4 Å². The summed E-state index contributed by atoms with van der Waals surface area (Å²) >= 11 is 0. The predicted octanol–water partition coefficient (Wildman–Crippen LogP) is 2.47. The topological polar surface area (TPSA) is 99.9 Å². The monoisotopic (exact) mass is 382 g/mol. The first-order valence-corrected chi connectivity index (χ1v) is 8.32. The molecule has 1 heterocycles. The van der Waals surface area contributed by atoms with E-state index in [0.29, 0.717) is 12.8 Å². The van der Waals surface area contributed by atoms with Crippen LogP contribution < -0.4 is 15.0 Å². The second-order valence-corrected chi connectivity index (χ2v) is 5.50. The van der Waals surface area contributed by atoms with Crippen molar-refractivity contribution in [3.8, 4) is 23.1 Å². The van der Waals surface area contributed by atoms with E-state index >= 15 is 0 Å². The largest absolute Gasteiger partial charge is 0.494 e. The molecule has 1 N–H and O–H groups in total. The van der Waals surface area contributed by atoms with E-state index in [1.807, 2.05) is 6.92 Å². The van der Waals surface area contributed by atoms with Crippen LogP contribution in [-0.2, 0) is 11.2 Å². The zero-order valence-electron chi connectivity index (χ0n) is 20.9. The van der Waals surface area contributed by atoms with Gasteiger partial charge in [-0.3, -0.25) is 9.36 Å². The van der Waals surface area contributed by atoms with Crippen LogP contribution in [0.1, 0.15) is 51.1 Å². The average Bonchev–Trinajstić information content (AvgIpc) is 2.65. The van der Waals surface area contributed by atoms with Crippen molar-refractivity contribution in [2.45, 2.75) is 33.1 Å². The Labute approximate surface area is 165 Å². The molecule has 0 unspecified atom stereocenters. The predicted molar refractivity (Wildman–Crippen MR) is 99.2 cm³/mol. The van der Waals surface area contributed by atoms with Gasteiger partial charge in [0.05, 0.1) is 28.9 Å². The first kappa shape index (κ1) is 13.2. The van der Waals surface area contributed by atoms with E-state index in [4.69, 9.17) is 22.4 Å². The fourth-order valence-corrected chi connectivity index (χ4v) is 2.56. The molecule has 0 amide bonds. The van der Waals surface area contributed by atoms with Gasteiger partial charge in [-0.2, -0.15) is 4.98 Å². The number of para-hydroxylation sites is 1. The molecule has 0 bridgehead atoms. The SMILES string of the molecule is [2H]C([2H])([2H])Oc1cccc(OC([2H])([2H])[2H])c1-n1c(CCCC)nc(O)c(C(=O)OCC)c1=O. The molecular formula is C19H24N2O6. The van der Waals surface area contributed by atoms with Crippen molar-refractivity contribution in [2.75, 3.05) is 20.7 Å². The van der Waals surface area contributed by atoms with Crippen molar-refractivity contribution < 1.29 is 32.3 Å². The lowest BCUT2D eigenvalue weighted by atomic mass is 10.2. The minimum Gasteiger partial charge on any atom is -0.494 e. The van der Waals surface area contributed by atoms with E-state index in [2.05, 4.69) is 4.98 Å². The number of aryl methyl sites for hydroxylation is 1. The summed E-state index contributed by atoms with van der Waals surface area (Å²) in [4.78, 5) is 29.7. The highest BCUT2D eigenvalue weighted by Gasteiger charge is 2.26. The molecule has 2 rings (SSSR count). The molecule has 0 saturated heterocycles. The minimum absolute atomic E-state index is 0.0654. The van der Waals surface area contributed by atoms with Gasteiger partial charge in [0.25, 0.3) is 5.56 Å². The lowest BCUT2D eigenvalue weighted by molar-refractivity contribution is 0.0519. The zero-order valence-corrected chi connectivity index (χ0v) is 14.9. The van der Waals surface area contributed by atoms with E-state index in [-0.39, 0.29) is 24.5 Å². The first-order valence-electron chi connectivity index (χ1n) is 11.3. The van der Waals surface area contributed by atoms with Crippen molar-refractivity contribution >= 4 is 5.97 Å². The highest BCUT2D eigenvalue weighted by atomic mass is 16.5. The molecule has 27 heavy (non-hydrogen) atoms. The molecular weight excluding hydrogens is 352 g/mol. The van der Waals surface area contributed by atoms with E-state index in [1.165, 1.54) is 25.1 Å². The number of methoxy groups -OCH3 is 2. The molecule has 0 fully saturated rings. The number of ether oxygens (including phenoxy) is 3. The van der Waals surface area contributed by atoms with Crippen molar-refractivity contribution in [3.05, 3.63) is 39.9 Å². The van der Waals surface area contributed by atoms with Crippen LogP contribution in [0.15, 0.2) is 23.0 Å². The number of rotatable bonds is 8. The Hall–Kier alpha value is -3.03. The van der Waals surface area contributed by atoms with Crippen LogP contribution in [0.25, 0.3) is 5.69 Å². The highest BCUT2D eigenvalue weighted by molar-refractivity contribution is 5.91. The summed E-state index contributed by atoms with van der Waals surface area (Å²) in [7, 11) is -5.93. The van der Waals surface area contributed by atoms with E-state index in [9.17, 15) is 14.7 Å². The molecule has 0 aliphatic heterocycles. The van der Waals surface area contributed by atoms with Gasteiger partial charge in [-0.15, -0.1) is 0 Å². The minimum atomic E-state index is -2.96. The highest BCUT2D eigenvalue weighted by Crippen LogP contribution is 2.33. The Morgan fingerprint density at radius 1 is 1.26 bits per heavy atom. The van der Waals surface area contributed by atoms with Gasteiger partial charge in [-0.05, 0) is 25.5 Å². The van der Waals surface area contributed by atoms with Gasteiger partial charge >= 0.3 is 5.97 Å². The van der Waals surface area contributed by atoms with Crippen molar-refractivity contribution in [3.63, 3.8) is 0 Å². The number of carbonyl (C=O) groups is 1. The number of benzene rings is 1. The molecule has 1 aromatic carbocycles. The van der Waals surface area contributed by atoms with Gasteiger partial charge in [-0.25, -0.2) is 4.79 Å². The second-order valence-electron chi connectivity index (χ2n) is 5.50. The van der Waals surface area contributed by atoms with Crippen molar-refractivity contribution in [1.82, 2.24) is 9.55 Å². The fraction of sp³-hybridized carbons (Fsp3) is 0.421. The fourth-order valence-electron chi connectivity index (χ4n) is 2.56. The Bertz CT molecular complexity index is 1030. The molecule has 0 spiro atoms. The Balaban J connectivity index is 2.96. The average molecular weight is 382 g/mol. The standard InChI is InChI=1S/C19H24N2O6/c1-5-7-11-14-20-17(22)15(19(24)27-6-2)18(23)21(14)16-12(25-3)9-8-10-13(16)26-4/h8-10,22H,5-7,11H2,1-4H3/i3D3,4D3. The molecule has 8 heteroatoms. The second kappa shape index (κ2) is 9.07. The zero-order chi connectivity index (χ0) is 25.0. The third-order valence-electron chi connectivity index (χ3n) is 3.77. The van der Waals surface area contributed by atoms with Gasteiger partial charge in [0.2, 0.25) is 5.88 Å². The smallest absolute Gasteiger partial charge is 0.349 e.